The number of nitrogens with zero attached hydrogens (tertiary/aromatic N) is 1. The topological polar surface area (TPSA) is 52.4 Å². The first kappa shape index (κ1) is 15.0. The number of non-ortho nitro benzene ring substituents is 1. The zero-order chi connectivity index (χ0) is 14.5. The lowest BCUT2D eigenvalue weighted by atomic mass is 10.2. The van der Waals surface area contributed by atoms with E-state index in [9.17, 15) is 10.1 Å². The minimum absolute atomic E-state index is 0.0723. The molecule has 0 fully saturated rings. The van der Waals surface area contributed by atoms with Gasteiger partial charge in [0.25, 0.3) is 5.69 Å². The van der Waals surface area contributed by atoms with Crippen molar-refractivity contribution in [3.63, 3.8) is 0 Å². The van der Waals surface area contributed by atoms with Crippen molar-refractivity contribution in [3.05, 3.63) is 68.2 Å². The Morgan fingerprint density at radius 3 is 2.70 bits per heavy atom. The highest BCUT2D eigenvalue weighted by molar-refractivity contribution is 9.10. The second-order valence-corrected chi connectivity index (χ2v) is 5.52. The summed E-state index contributed by atoms with van der Waals surface area (Å²) in [4.78, 5) is 10.3. The Morgan fingerprint density at radius 2 is 2.00 bits per heavy atom. The molecule has 0 saturated heterocycles. The van der Waals surface area contributed by atoms with Crippen molar-refractivity contribution in [1.82, 2.24) is 0 Å². The first-order chi connectivity index (χ1) is 9.60. The van der Waals surface area contributed by atoms with E-state index in [0.29, 0.717) is 6.61 Å². The van der Waals surface area contributed by atoms with Crippen LogP contribution in [0, 0.1) is 10.1 Å². The van der Waals surface area contributed by atoms with E-state index in [4.69, 9.17) is 4.74 Å². The summed E-state index contributed by atoms with van der Waals surface area (Å²) in [5.74, 6) is 0.731. The van der Waals surface area contributed by atoms with Gasteiger partial charge in [0.05, 0.1) is 4.92 Å². The third kappa shape index (κ3) is 3.80. The van der Waals surface area contributed by atoms with Gasteiger partial charge >= 0.3 is 0 Å². The molecule has 0 aliphatic carbocycles. The molecule has 0 heterocycles. The minimum Gasteiger partial charge on any atom is -0.489 e. The van der Waals surface area contributed by atoms with Crippen LogP contribution in [0.25, 0.3) is 0 Å². The smallest absolute Gasteiger partial charge is 0.269 e. The predicted octanol–water partition coefficient (Wildman–Crippen LogP) is 4.83. The van der Waals surface area contributed by atoms with E-state index in [1.807, 2.05) is 18.2 Å². The van der Waals surface area contributed by atoms with Gasteiger partial charge in [0.15, 0.2) is 0 Å². The van der Waals surface area contributed by atoms with Gasteiger partial charge in [0.2, 0.25) is 0 Å². The molecule has 2 aromatic carbocycles. The van der Waals surface area contributed by atoms with E-state index in [2.05, 4.69) is 31.9 Å². The van der Waals surface area contributed by atoms with Crippen molar-refractivity contribution in [2.45, 2.75) is 11.9 Å². The maximum absolute atomic E-state index is 10.7. The van der Waals surface area contributed by atoms with Gasteiger partial charge in [-0.05, 0) is 29.3 Å². The maximum atomic E-state index is 10.7. The summed E-state index contributed by atoms with van der Waals surface area (Å²) in [7, 11) is 0. The zero-order valence-corrected chi connectivity index (χ0v) is 13.6. The standard InChI is InChI=1S/C14H11Br2NO3/c15-8-11-7-13(4-5-14(11)16)20-9-10-2-1-3-12(6-10)17(18)19/h1-7H,8-9H2. The molecule has 4 nitrogen and oxygen atoms in total. The first-order valence-corrected chi connectivity index (χ1v) is 7.72. The molecule has 104 valence electrons. The molecule has 0 amide bonds. The normalized spacial score (nSPS) is 10.3. The van der Waals surface area contributed by atoms with Gasteiger partial charge in [0, 0.05) is 21.9 Å². The molecule has 0 aromatic heterocycles. The highest BCUT2D eigenvalue weighted by Crippen LogP contribution is 2.25. The van der Waals surface area contributed by atoms with Crippen molar-refractivity contribution in [1.29, 1.82) is 0 Å². The predicted molar refractivity (Wildman–Crippen MR) is 84.2 cm³/mol. The molecule has 2 aromatic rings. The van der Waals surface area contributed by atoms with Gasteiger partial charge in [-0.25, -0.2) is 0 Å². The van der Waals surface area contributed by atoms with Crippen molar-refractivity contribution >= 4 is 37.5 Å². The van der Waals surface area contributed by atoms with E-state index in [-0.39, 0.29) is 5.69 Å². The van der Waals surface area contributed by atoms with Gasteiger partial charge in [-0.2, -0.15) is 0 Å². The number of hydrogen-bond acceptors (Lipinski definition) is 3. The van der Waals surface area contributed by atoms with Gasteiger partial charge in [-0.1, -0.05) is 44.0 Å². The van der Waals surface area contributed by atoms with Crippen LogP contribution in [0.15, 0.2) is 46.9 Å². The van der Waals surface area contributed by atoms with E-state index in [1.54, 1.807) is 12.1 Å². The third-order valence-electron chi connectivity index (χ3n) is 2.69. The highest BCUT2D eigenvalue weighted by Gasteiger charge is 2.06. The Labute approximate surface area is 133 Å². The monoisotopic (exact) mass is 399 g/mol. The molecule has 0 saturated carbocycles. The number of ether oxygens (including phenoxy) is 1. The minimum atomic E-state index is -0.411. The van der Waals surface area contributed by atoms with E-state index >= 15 is 0 Å². The molecule has 0 radical (unpaired) electrons. The summed E-state index contributed by atoms with van der Waals surface area (Å²) >= 11 is 6.86. The van der Waals surface area contributed by atoms with Crippen LogP contribution in [-0.4, -0.2) is 4.92 Å². The number of benzene rings is 2. The fourth-order valence-electron chi connectivity index (χ4n) is 1.67. The van der Waals surface area contributed by atoms with Crippen molar-refractivity contribution < 1.29 is 9.66 Å². The lowest BCUT2D eigenvalue weighted by Crippen LogP contribution is -1.97. The van der Waals surface area contributed by atoms with Gasteiger partial charge in [-0.15, -0.1) is 0 Å². The van der Waals surface area contributed by atoms with Crippen LogP contribution in [0.4, 0.5) is 5.69 Å². The molecule has 0 aliphatic rings. The van der Waals surface area contributed by atoms with Crippen molar-refractivity contribution in [3.8, 4) is 5.75 Å². The van der Waals surface area contributed by atoms with Crippen LogP contribution in [0.2, 0.25) is 0 Å². The Balaban J connectivity index is 2.08. The molecule has 20 heavy (non-hydrogen) atoms. The Bertz CT molecular complexity index is 632. The van der Waals surface area contributed by atoms with Gasteiger partial charge in [0.1, 0.15) is 12.4 Å². The Morgan fingerprint density at radius 1 is 1.20 bits per heavy atom. The van der Waals surface area contributed by atoms with Crippen LogP contribution in [0.5, 0.6) is 5.75 Å². The quantitative estimate of drug-likeness (QED) is 0.410. The summed E-state index contributed by atoms with van der Waals surface area (Å²) in [6.07, 6.45) is 0. The molecule has 0 spiro atoms. The summed E-state index contributed by atoms with van der Waals surface area (Å²) in [5.41, 5.74) is 1.92. The number of rotatable bonds is 5. The van der Waals surface area contributed by atoms with Crippen LogP contribution in [0.3, 0.4) is 0 Å². The lowest BCUT2D eigenvalue weighted by Gasteiger charge is -2.08. The van der Waals surface area contributed by atoms with E-state index < -0.39 is 4.92 Å². The van der Waals surface area contributed by atoms with E-state index in [0.717, 1.165) is 26.7 Å². The number of alkyl halides is 1. The largest absolute Gasteiger partial charge is 0.489 e. The van der Waals surface area contributed by atoms with Crippen LogP contribution >= 0.6 is 31.9 Å². The second kappa shape index (κ2) is 6.85. The first-order valence-electron chi connectivity index (χ1n) is 5.80. The molecule has 0 bridgehead atoms. The molecule has 2 rings (SSSR count). The number of nitro benzene ring substituents is 1. The van der Waals surface area contributed by atoms with Crippen LogP contribution in [0.1, 0.15) is 11.1 Å². The molecular weight excluding hydrogens is 390 g/mol. The zero-order valence-electron chi connectivity index (χ0n) is 10.4. The van der Waals surface area contributed by atoms with Crippen molar-refractivity contribution in [2.75, 3.05) is 0 Å². The summed E-state index contributed by atoms with van der Waals surface area (Å²) in [5, 5.41) is 11.4. The molecule has 6 heteroatoms. The fourth-order valence-corrected chi connectivity index (χ4v) is 2.90. The summed E-state index contributed by atoms with van der Waals surface area (Å²) in [6, 6.07) is 12.1. The molecule has 0 aliphatic heterocycles. The SMILES string of the molecule is O=[N+]([O-])c1cccc(COc2ccc(Br)c(CBr)c2)c1. The average molecular weight is 401 g/mol. The van der Waals surface area contributed by atoms with E-state index in [1.165, 1.54) is 12.1 Å². The number of hydrogen-bond donors (Lipinski definition) is 0. The van der Waals surface area contributed by atoms with Gasteiger partial charge < -0.3 is 4.74 Å². The van der Waals surface area contributed by atoms with Gasteiger partial charge in [-0.3, -0.25) is 10.1 Å². The Hall–Kier alpha value is -1.40. The summed E-state index contributed by atoms with van der Waals surface area (Å²) < 4.78 is 6.67. The maximum Gasteiger partial charge on any atom is 0.269 e. The number of halogens is 2. The fraction of sp³-hybridized carbons (Fsp3) is 0.143. The van der Waals surface area contributed by atoms with Crippen LogP contribution in [-0.2, 0) is 11.9 Å². The average Bonchev–Trinajstić information content (AvgIpc) is 2.46. The number of nitro groups is 1. The third-order valence-corrected chi connectivity index (χ3v) is 4.07. The Kier molecular flexibility index (Phi) is 5.14. The molecular formula is C14H11Br2NO3. The molecule has 0 N–H and O–H groups in total. The van der Waals surface area contributed by atoms with Crippen molar-refractivity contribution in [2.24, 2.45) is 0 Å². The lowest BCUT2D eigenvalue weighted by molar-refractivity contribution is -0.384. The molecule has 0 atom stereocenters. The summed E-state index contributed by atoms with van der Waals surface area (Å²) in [6.45, 7) is 0.297. The second-order valence-electron chi connectivity index (χ2n) is 4.10. The highest BCUT2D eigenvalue weighted by atomic mass is 79.9. The van der Waals surface area contributed by atoms with Crippen LogP contribution < -0.4 is 4.74 Å². The molecule has 0 unspecified atom stereocenters.